The van der Waals surface area contributed by atoms with Crippen LogP contribution in [0.1, 0.15) is 38.5 Å². The van der Waals surface area contributed by atoms with Crippen LogP contribution in [0.15, 0.2) is 35.2 Å². The highest BCUT2D eigenvalue weighted by Crippen LogP contribution is 2.50. The Morgan fingerprint density at radius 3 is 2.30 bits per heavy atom. The number of likely N-dealkylation sites (tertiary alicyclic amines) is 1. The van der Waals surface area contributed by atoms with Crippen molar-refractivity contribution in [3.05, 3.63) is 30.3 Å². The number of nitrogens with one attached hydrogen (secondary N) is 1. The first kappa shape index (κ1) is 15.6. The van der Waals surface area contributed by atoms with Gasteiger partial charge >= 0.3 is 0 Å². The van der Waals surface area contributed by atoms with E-state index in [2.05, 4.69) is 9.62 Å². The number of sulfonamides is 1. The van der Waals surface area contributed by atoms with E-state index in [9.17, 15) is 8.42 Å². The zero-order valence-electron chi connectivity index (χ0n) is 13.6. The Morgan fingerprint density at radius 1 is 1.04 bits per heavy atom. The number of piperidine rings is 1. The van der Waals surface area contributed by atoms with Gasteiger partial charge < -0.3 is 4.90 Å². The van der Waals surface area contributed by atoms with Crippen molar-refractivity contribution in [2.24, 2.45) is 11.3 Å². The van der Waals surface area contributed by atoms with Crippen LogP contribution < -0.4 is 4.72 Å². The van der Waals surface area contributed by atoms with Crippen LogP contribution in [0.3, 0.4) is 0 Å². The topological polar surface area (TPSA) is 49.4 Å². The molecule has 1 aromatic rings. The minimum Gasteiger partial charge on any atom is -0.303 e. The number of rotatable bonds is 5. The van der Waals surface area contributed by atoms with Gasteiger partial charge in [-0.25, -0.2) is 13.1 Å². The predicted octanol–water partition coefficient (Wildman–Crippen LogP) is 2.62. The summed E-state index contributed by atoms with van der Waals surface area (Å²) >= 11 is 0. The summed E-state index contributed by atoms with van der Waals surface area (Å²) in [6.45, 7) is 3.54. The Morgan fingerprint density at radius 2 is 1.74 bits per heavy atom. The summed E-state index contributed by atoms with van der Waals surface area (Å²) in [4.78, 5) is 2.97. The van der Waals surface area contributed by atoms with Crippen molar-refractivity contribution in [2.75, 3.05) is 19.6 Å². The first-order valence-corrected chi connectivity index (χ1v) is 10.4. The Bertz CT molecular complexity index is 647. The third kappa shape index (κ3) is 3.19. The molecule has 1 N–H and O–H groups in total. The van der Waals surface area contributed by atoms with Crippen LogP contribution in [0.2, 0.25) is 0 Å². The SMILES string of the molecule is O=S(=O)(N[C@@H]1CCC12CCN(CC1CC1)CC2)c1ccccc1. The molecule has 0 unspecified atom stereocenters. The fourth-order valence-electron chi connectivity index (χ4n) is 4.18. The van der Waals surface area contributed by atoms with Gasteiger partial charge in [0.25, 0.3) is 0 Å². The molecule has 4 rings (SSSR count). The zero-order valence-corrected chi connectivity index (χ0v) is 14.4. The molecule has 0 aromatic heterocycles. The van der Waals surface area contributed by atoms with Gasteiger partial charge in [-0.3, -0.25) is 0 Å². The Kier molecular flexibility index (Phi) is 3.98. The quantitative estimate of drug-likeness (QED) is 0.900. The Hall–Kier alpha value is -0.910. The molecule has 1 spiro atoms. The molecule has 5 heteroatoms. The van der Waals surface area contributed by atoms with Crippen LogP contribution in [-0.4, -0.2) is 39.0 Å². The lowest BCUT2D eigenvalue weighted by Gasteiger charge is -2.54. The highest BCUT2D eigenvalue weighted by Gasteiger charge is 2.49. The summed E-state index contributed by atoms with van der Waals surface area (Å²) in [7, 11) is -3.38. The molecule has 0 amide bonds. The molecule has 1 atom stereocenters. The molecule has 3 fully saturated rings. The van der Waals surface area contributed by atoms with Gasteiger partial charge in [0.1, 0.15) is 0 Å². The van der Waals surface area contributed by atoms with E-state index in [0.717, 1.165) is 38.3 Å². The third-order valence-corrected chi connectivity index (χ3v) is 7.57. The number of hydrogen-bond acceptors (Lipinski definition) is 3. The summed E-state index contributed by atoms with van der Waals surface area (Å²) < 4.78 is 28.1. The van der Waals surface area contributed by atoms with Crippen LogP contribution in [-0.2, 0) is 10.0 Å². The molecule has 0 bridgehead atoms. The van der Waals surface area contributed by atoms with Crippen molar-refractivity contribution in [1.29, 1.82) is 0 Å². The normalized spacial score (nSPS) is 27.7. The van der Waals surface area contributed by atoms with Gasteiger partial charge in [0.2, 0.25) is 10.0 Å². The van der Waals surface area contributed by atoms with E-state index in [0.29, 0.717) is 4.90 Å². The van der Waals surface area contributed by atoms with Crippen molar-refractivity contribution in [3.8, 4) is 0 Å². The molecule has 2 saturated carbocycles. The Labute approximate surface area is 139 Å². The van der Waals surface area contributed by atoms with Crippen molar-refractivity contribution in [3.63, 3.8) is 0 Å². The van der Waals surface area contributed by atoms with E-state index >= 15 is 0 Å². The zero-order chi connectivity index (χ0) is 15.9. The number of hydrogen-bond donors (Lipinski definition) is 1. The summed E-state index contributed by atoms with van der Waals surface area (Å²) in [5, 5.41) is 0. The van der Waals surface area contributed by atoms with Gasteiger partial charge in [-0.2, -0.15) is 0 Å². The third-order valence-electron chi connectivity index (χ3n) is 6.09. The highest BCUT2D eigenvalue weighted by molar-refractivity contribution is 7.89. The number of benzene rings is 1. The molecule has 4 nitrogen and oxygen atoms in total. The highest BCUT2D eigenvalue weighted by atomic mass is 32.2. The van der Waals surface area contributed by atoms with Gasteiger partial charge in [-0.15, -0.1) is 0 Å². The van der Waals surface area contributed by atoms with Crippen LogP contribution in [0.25, 0.3) is 0 Å². The fraction of sp³-hybridized carbons (Fsp3) is 0.667. The van der Waals surface area contributed by atoms with E-state index < -0.39 is 10.0 Å². The smallest absolute Gasteiger partial charge is 0.240 e. The van der Waals surface area contributed by atoms with Crippen LogP contribution in [0.4, 0.5) is 0 Å². The van der Waals surface area contributed by atoms with E-state index in [-0.39, 0.29) is 11.5 Å². The molecule has 2 aliphatic carbocycles. The first-order valence-electron chi connectivity index (χ1n) is 8.87. The minimum absolute atomic E-state index is 0.121. The molecule has 1 aliphatic heterocycles. The summed E-state index contributed by atoms with van der Waals surface area (Å²) in [5.41, 5.74) is 0.210. The van der Waals surface area contributed by atoms with E-state index in [1.54, 1.807) is 24.3 Å². The summed E-state index contributed by atoms with van der Waals surface area (Å²) in [6, 6.07) is 8.87. The maximum atomic E-state index is 12.6. The lowest BCUT2D eigenvalue weighted by Crippen LogP contribution is -2.59. The molecule has 3 aliphatic rings. The van der Waals surface area contributed by atoms with Crippen molar-refractivity contribution in [1.82, 2.24) is 9.62 Å². The van der Waals surface area contributed by atoms with Crippen LogP contribution >= 0.6 is 0 Å². The number of nitrogens with zero attached hydrogens (tertiary/aromatic N) is 1. The predicted molar refractivity (Wildman–Crippen MR) is 90.6 cm³/mol. The van der Waals surface area contributed by atoms with Crippen molar-refractivity contribution in [2.45, 2.75) is 49.5 Å². The van der Waals surface area contributed by atoms with Crippen molar-refractivity contribution >= 4 is 10.0 Å². The second-order valence-electron chi connectivity index (χ2n) is 7.63. The van der Waals surface area contributed by atoms with Gasteiger partial charge in [-0.1, -0.05) is 18.2 Å². The standard InChI is InChI=1S/C18H26N2O2S/c21-23(22,16-4-2-1-3-5-16)19-17-8-9-18(17)10-12-20(13-11-18)14-15-6-7-15/h1-5,15,17,19H,6-14H2/t17-/m1/s1. The average Bonchev–Trinajstić information content (AvgIpc) is 3.37. The molecule has 1 heterocycles. The summed E-state index contributed by atoms with van der Waals surface area (Å²) in [6.07, 6.45) is 7.24. The van der Waals surface area contributed by atoms with Gasteiger partial charge in [-0.05, 0) is 75.1 Å². The maximum absolute atomic E-state index is 12.6. The molecule has 1 aromatic carbocycles. The average molecular weight is 334 g/mol. The Balaban J connectivity index is 1.39. The van der Waals surface area contributed by atoms with E-state index in [4.69, 9.17) is 0 Å². The summed E-state index contributed by atoms with van der Waals surface area (Å²) in [5.74, 6) is 0.942. The van der Waals surface area contributed by atoms with Crippen LogP contribution in [0, 0.1) is 11.3 Å². The van der Waals surface area contributed by atoms with E-state index in [1.165, 1.54) is 25.8 Å². The molecule has 126 valence electrons. The monoisotopic (exact) mass is 334 g/mol. The first-order chi connectivity index (χ1) is 11.1. The van der Waals surface area contributed by atoms with Gasteiger partial charge in [0.05, 0.1) is 4.90 Å². The molecule has 0 radical (unpaired) electrons. The lowest BCUT2D eigenvalue weighted by atomic mass is 9.59. The molecule has 23 heavy (non-hydrogen) atoms. The largest absolute Gasteiger partial charge is 0.303 e. The second-order valence-corrected chi connectivity index (χ2v) is 9.35. The fourth-order valence-corrected chi connectivity index (χ4v) is 5.57. The molecule has 1 saturated heterocycles. The maximum Gasteiger partial charge on any atom is 0.240 e. The second kappa shape index (κ2) is 5.87. The molecular formula is C18H26N2O2S. The van der Waals surface area contributed by atoms with Gasteiger partial charge in [0, 0.05) is 12.6 Å². The van der Waals surface area contributed by atoms with Crippen molar-refractivity contribution < 1.29 is 8.42 Å². The molecular weight excluding hydrogens is 308 g/mol. The minimum atomic E-state index is -3.38. The lowest BCUT2D eigenvalue weighted by molar-refractivity contribution is 0.00188. The van der Waals surface area contributed by atoms with Crippen LogP contribution in [0.5, 0.6) is 0 Å². The van der Waals surface area contributed by atoms with Gasteiger partial charge in [0.15, 0.2) is 0 Å². The van der Waals surface area contributed by atoms with E-state index in [1.807, 2.05) is 6.07 Å².